The minimum atomic E-state index is -3.29. The third-order valence-corrected chi connectivity index (χ3v) is 4.94. The lowest BCUT2D eigenvalue weighted by molar-refractivity contribution is 0.602. The Labute approximate surface area is 140 Å². The summed E-state index contributed by atoms with van der Waals surface area (Å²) < 4.78 is 25.5. The molecule has 0 spiro atoms. The zero-order valence-corrected chi connectivity index (χ0v) is 14.7. The van der Waals surface area contributed by atoms with Gasteiger partial charge in [-0.3, -0.25) is 4.68 Å². The molecule has 24 heavy (non-hydrogen) atoms. The van der Waals surface area contributed by atoms with Gasteiger partial charge >= 0.3 is 0 Å². The van der Waals surface area contributed by atoms with Crippen molar-refractivity contribution in [2.24, 2.45) is 7.05 Å². The van der Waals surface area contributed by atoms with Gasteiger partial charge in [-0.15, -0.1) is 0 Å². The summed E-state index contributed by atoms with van der Waals surface area (Å²) in [7, 11) is -1.41. The van der Waals surface area contributed by atoms with Crippen LogP contribution in [0.25, 0.3) is 10.9 Å². The highest BCUT2D eigenvalue weighted by atomic mass is 32.2. The predicted octanol–water partition coefficient (Wildman–Crippen LogP) is 1.79. The van der Waals surface area contributed by atoms with Crippen molar-refractivity contribution in [1.29, 1.82) is 0 Å². The zero-order chi connectivity index (χ0) is 17.3. The van der Waals surface area contributed by atoms with Crippen LogP contribution < -0.4 is 4.90 Å². The third-order valence-electron chi connectivity index (χ3n) is 3.83. The number of benzene rings is 1. The average molecular weight is 345 g/mol. The molecule has 7 nitrogen and oxygen atoms in total. The Morgan fingerprint density at radius 1 is 1.25 bits per heavy atom. The molecular weight excluding hydrogens is 326 g/mol. The second-order valence-electron chi connectivity index (χ2n) is 5.68. The summed E-state index contributed by atoms with van der Waals surface area (Å²) in [5.74, 6) is 0.719. The van der Waals surface area contributed by atoms with E-state index in [1.165, 1.54) is 12.6 Å². The smallest absolute Gasteiger partial charge is 0.175 e. The van der Waals surface area contributed by atoms with Gasteiger partial charge in [0, 0.05) is 43.5 Å². The van der Waals surface area contributed by atoms with Crippen LogP contribution in [0.5, 0.6) is 0 Å². The first-order chi connectivity index (χ1) is 11.4. The van der Waals surface area contributed by atoms with Crippen molar-refractivity contribution in [2.45, 2.75) is 18.4 Å². The molecule has 0 radical (unpaired) electrons. The van der Waals surface area contributed by atoms with Gasteiger partial charge in [-0.25, -0.2) is 18.4 Å². The first-order valence-corrected chi connectivity index (χ1v) is 9.45. The molecule has 3 aromatic rings. The largest absolute Gasteiger partial charge is 0.352 e. The fraction of sp³-hybridized carbons (Fsp3) is 0.312. The van der Waals surface area contributed by atoms with E-state index >= 15 is 0 Å². The quantitative estimate of drug-likeness (QED) is 0.701. The highest BCUT2D eigenvalue weighted by Gasteiger charge is 2.15. The van der Waals surface area contributed by atoms with Crippen molar-refractivity contribution in [2.75, 3.05) is 17.7 Å². The summed E-state index contributed by atoms with van der Waals surface area (Å²) in [6, 6.07) is 4.94. The second-order valence-corrected chi connectivity index (χ2v) is 7.70. The zero-order valence-electron chi connectivity index (χ0n) is 13.8. The summed E-state index contributed by atoms with van der Waals surface area (Å²) in [5, 5.41) is 4.91. The molecule has 0 N–H and O–H groups in total. The number of rotatable bonds is 5. The van der Waals surface area contributed by atoms with E-state index in [4.69, 9.17) is 0 Å². The Morgan fingerprint density at radius 3 is 2.67 bits per heavy atom. The Bertz CT molecular complexity index is 981. The van der Waals surface area contributed by atoms with Crippen LogP contribution in [0.15, 0.2) is 41.8 Å². The van der Waals surface area contributed by atoms with Crippen molar-refractivity contribution in [3.8, 4) is 0 Å². The molecule has 0 fully saturated rings. The Balaban J connectivity index is 2.09. The molecule has 3 rings (SSSR count). The lowest BCUT2D eigenvalue weighted by atomic mass is 10.2. The van der Waals surface area contributed by atoms with Crippen LogP contribution >= 0.6 is 0 Å². The van der Waals surface area contributed by atoms with E-state index in [2.05, 4.69) is 20.0 Å². The first-order valence-electron chi connectivity index (χ1n) is 7.56. The molecule has 0 bridgehead atoms. The topological polar surface area (TPSA) is 81.0 Å². The van der Waals surface area contributed by atoms with E-state index in [9.17, 15) is 8.42 Å². The fourth-order valence-corrected chi connectivity index (χ4v) is 3.26. The van der Waals surface area contributed by atoms with Crippen LogP contribution in [-0.4, -0.2) is 41.0 Å². The summed E-state index contributed by atoms with van der Waals surface area (Å²) in [6.07, 6.45) is 6.47. The number of nitrogens with zero attached hydrogens (tertiary/aromatic N) is 5. The van der Waals surface area contributed by atoms with Crippen molar-refractivity contribution in [3.05, 3.63) is 42.5 Å². The average Bonchev–Trinajstić information content (AvgIpc) is 2.96. The molecule has 1 aromatic carbocycles. The molecule has 0 unspecified atom stereocenters. The van der Waals surface area contributed by atoms with Gasteiger partial charge in [-0.05, 0) is 25.1 Å². The summed E-state index contributed by atoms with van der Waals surface area (Å²) in [6.45, 7) is 3.40. The van der Waals surface area contributed by atoms with Gasteiger partial charge in [0.1, 0.15) is 12.1 Å². The van der Waals surface area contributed by atoms with Gasteiger partial charge in [0.25, 0.3) is 0 Å². The molecule has 0 aliphatic heterocycles. The molecule has 2 aromatic heterocycles. The summed E-state index contributed by atoms with van der Waals surface area (Å²) in [4.78, 5) is 11.0. The highest BCUT2D eigenvalue weighted by molar-refractivity contribution is 7.90. The highest BCUT2D eigenvalue weighted by Crippen LogP contribution is 2.26. The van der Waals surface area contributed by atoms with Gasteiger partial charge in [0.15, 0.2) is 9.84 Å². The molecule has 2 heterocycles. The Morgan fingerprint density at radius 2 is 2.04 bits per heavy atom. The summed E-state index contributed by atoms with van der Waals surface area (Å²) in [5.41, 5.74) is 1.78. The SMILES string of the molecule is CCN(Cc1cnn(C)c1)c1ncnc2ccc(S(C)(=O)=O)cc12. The number of fused-ring (bicyclic) bond motifs is 1. The maximum atomic E-state index is 11.9. The molecule has 8 heteroatoms. The van der Waals surface area contributed by atoms with E-state index in [1.807, 2.05) is 26.4 Å². The van der Waals surface area contributed by atoms with E-state index in [0.29, 0.717) is 6.54 Å². The second kappa shape index (κ2) is 6.20. The lowest BCUT2D eigenvalue weighted by Gasteiger charge is -2.22. The minimum Gasteiger partial charge on any atom is -0.352 e. The van der Waals surface area contributed by atoms with Crippen LogP contribution in [-0.2, 0) is 23.4 Å². The third kappa shape index (κ3) is 3.23. The number of hydrogen-bond acceptors (Lipinski definition) is 6. The molecule has 126 valence electrons. The van der Waals surface area contributed by atoms with Gasteiger partial charge in [-0.2, -0.15) is 5.10 Å². The fourth-order valence-electron chi connectivity index (χ4n) is 2.62. The van der Waals surface area contributed by atoms with E-state index < -0.39 is 9.84 Å². The number of hydrogen-bond donors (Lipinski definition) is 0. The monoisotopic (exact) mass is 345 g/mol. The first kappa shape index (κ1) is 16.4. The molecule has 0 saturated heterocycles. The number of aromatic nitrogens is 4. The van der Waals surface area contributed by atoms with Crippen LogP contribution in [0.1, 0.15) is 12.5 Å². The van der Waals surface area contributed by atoms with Crippen molar-refractivity contribution < 1.29 is 8.42 Å². The molecular formula is C16H19N5O2S. The van der Waals surface area contributed by atoms with Crippen molar-refractivity contribution in [1.82, 2.24) is 19.7 Å². The van der Waals surface area contributed by atoms with Crippen LogP contribution in [0.3, 0.4) is 0 Å². The van der Waals surface area contributed by atoms with Gasteiger partial charge in [0.05, 0.1) is 16.6 Å². The Kier molecular flexibility index (Phi) is 4.23. The predicted molar refractivity (Wildman–Crippen MR) is 92.6 cm³/mol. The van der Waals surface area contributed by atoms with E-state index in [1.54, 1.807) is 22.9 Å². The Hall–Kier alpha value is -2.48. The molecule has 0 atom stereocenters. The van der Waals surface area contributed by atoms with Crippen molar-refractivity contribution in [3.63, 3.8) is 0 Å². The van der Waals surface area contributed by atoms with Gasteiger partial charge < -0.3 is 4.90 Å². The standard InChI is InChI=1S/C16H19N5O2S/c1-4-21(10-12-8-19-20(2)9-12)16-14-7-13(24(3,22)23)5-6-15(14)17-11-18-16/h5-9,11H,4,10H2,1-3H3. The van der Waals surface area contributed by atoms with Gasteiger partial charge in [-0.1, -0.05) is 0 Å². The number of anilines is 1. The molecule has 0 aliphatic rings. The van der Waals surface area contributed by atoms with Crippen LogP contribution in [0.4, 0.5) is 5.82 Å². The normalized spacial score (nSPS) is 11.8. The number of aryl methyl sites for hydroxylation is 1. The maximum Gasteiger partial charge on any atom is 0.175 e. The minimum absolute atomic E-state index is 0.267. The van der Waals surface area contributed by atoms with Crippen LogP contribution in [0.2, 0.25) is 0 Å². The van der Waals surface area contributed by atoms with Crippen molar-refractivity contribution >= 4 is 26.6 Å². The molecule has 0 amide bonds. The summed E-state index contributed by atoms with van der Waals surface area (Å²) >= 11 is 0. The number of sulfone groups is 1. The maximum absolute atomic E-state index is 11.9. The molecule has 0 saturated carbocycles. The molecule has 0 aliphatic carbocycles. The lowest BCUT2D eigenvalue weighted by Crippen LogP contribution is -2.23. The van der Waals surface area contributed by atoms with E-state index in [0.717, 1.165) is 28.8 Å². The van der Waals surface area contributed by atoms with Crippen LogP contribution in [0, 0.1) is 0 Å². The van der Waals surface area contributed by atoms with E-state index in [-0.39, 0.29) is 4.90 Å². The van der Waals surface area contributed by atoms with Gasteiger partial charge in [0.2, 0.25) is 0 Å².